The molecule has 30 heavy (non-hydrogen) atoms. The van der Waals surface area contributed by atoms with Gasteiger partial charge in [-0.3, -0.25) is 14.3 Å². The molecule has 2 heterocycles. The smallest absolute Gasteiger partial charge is 0.258 e. The molecule has 7 heteroatoms. The first kappa shape index (κ1) is 21.9. The Morgan fingerprint density at radius 1 is 1.10 bits per heavy atom. The minimum Gasteiger partial charge on any atom is -0.492 e. The quantitative estimate of drug-likeness (QED) is 0.490. The highest BCUT2D eigenvalue weighted by molar-refractivity contribution is 6.30. The largest absolute Gasteiger partial charge is 0.492 e. The van der Waals surface area contributed by atoms with E-state index in [-0.39, 0.29) is 12.2 Å². The minimum absolute atomic E-state index is 0.178. The van der Waals surface area contributed by atoms with Crippen LogP contribution in [0.3, 0.4) is 0 Å². The van der Waals surface area contributed by atoms with Crippen molar-refractivity contribution in [3.63, 3.8) is 0 Å². The normalized spacial score (nSPS) is 11.8. The molecule has 0 spiro atoms. The van der Waals surface area contributed by atoms with E-state index in [1.54, 1.807) is 35.2 Å². The van der Waals surface area contributed by atoms with Crippen LogP contribution in [0.4, 0.5) is 0 Å². The molecule has 0 radical (unpaired) electrons. The van der Waals surface area contributed by atoms with Crippen molar-refractivity contribution < 1.29 is 9.47 Å². The zero-order chi connectivity index (χ0) is 21.3. The zero-order valence-electron chi connectivity index (χ0n) is 17.2. The van der Waals surface area contributed by atoms with Crippen molar-refractivity contribution in [2.24, 2.45) is 0 Å². The van der Waals surface area contributed by atoms with E-state index in [1.165, 1.54) is 6.07 Å². The number of rotatable bonds is 10. The number of aromatic nitrogens is 2. The van der Waals surface area contributed by atoms with Crippen LogP contribution < -0.4 is 20.3 Å². The van der Waals surface area contributed by atoms with Gasteiger partial charge in [0.05, 0.1) is 10.7 Å². The molecule has 0 aliphatic carbocycles. The molecule has 0 amide bonds. The summed E-state index contributed by atoms with van der Waals surface area (Å²) >= 11 is 5.83. The monoisotopic (exact) mass is 427 g/mol. The average Bonchev–Trinajstić information content (AvgIpc) is 2.77. The Bertz CT molecular complexity index is 988. The summed E-state index contributed by atoms with van der Waals surface area (Å²) in [6.45, 7) is 5.95. The van der Waals surface area contributed by atoms with Crippen LogP contribution in [0.1, 0.15) is 26.0 Å². The van der Waals surface area contributed by atoms with Gasteiger partial charge in [0.2, 0.25) is 0 Å². The fourth-order valence-electron chi connectivity index (χ4n) is 2.73. The van der Waals surface area contributed by atoms with Crippen LogP contribution in [-0.4, -0.2) is 28.7 Å². The summed E-state index contributed by atoms with van der Waals surface area (Å²) in [5.41, 5.74) is 1.32. The second-order valence-electron chi connectivity index (χ2n) is 6.93. The number of ether oxygens (including phenoxy) is 2. The van der Waals surface area contributed by atoms with E-state index in [2.05, 4.69) is 24.1 Å². The fraction of sp³-hybridized carbons (Fsp3) is 0.304. The summed E-state index contributed by atoms with van der Waals surface area (Å²) in [4.78, 5) is 16.7. The van der Waals surface area contributed by atoms with E-state index < -0.39 is 0 Å². The van der Waals surface area contributed by atoms with Gasteiger partial charge >= 0.3 is 0 Å². The average molecular weight is 428 g/mol. The summed E-state index contributed by atoms with van der Waals surface area (Å²) < 4.78 is 13.0. The maximum Gasteiger partial charge on any atom is 0.258 e. The lowest BCUT2D eigenvalue weighted by Crippen LogP contribution is -2.29. The summed E-state index contributed by atoms with van der Waals surface area (Å²) in [6, 6.07) is 14.7. The topological polar surface area (TPSA) is 65.4 Å². The summed E-state index contributed by atoms with van der Waals surface area (Å²) in [5.74, 6) is 1.26. The van der Waals surface area contributed by atoms with Crippen LogP contribution in [-0.2, 0) is 6.61 Å². The van der Waals surface area contributed by atoms with E-state index in [9.17, 15) is 4.79 Å². The van der Waals surface area contributed by atoms with E-state index in [1.807, 2.05) is 24.3 Å². The van der Waals surface area contributed by atoms with Gasteiger partial charge in [-0.05, 0) is 55.8 Å². The van der Waals surface area contributed by atoms with E-state index in [0.29, 0.717) is 23.4 Å². The molecular weight excluding hydrogens is 402 g/mol. The number of benzene rings is 1. The van der Waals surface area contributed by atoms with Gasteiger partial charge in [0.25, 0.3) is 5.56 Å². The Hall–Kier alpha value is -2.83. The van der Waals surface area contributed by atoms with Crippen LogP contribution in [0.2, 0.25) is 5.02 Å². The third-order valence-corrected chi connectivity index (χ3v) is 4.88. The molecule has 0 aliphatic heterocycles. The highest BCUT2D eigenvalue weighted by Crippen LogP contribution is 2.16. The Morgan fingerprint density at radius 2 is 1.90 bits per heavy atom. The molecule has 0 bridgehead atoms. The maximum absolute atomic E-state index is 12.5. The number of pyridine rings is 2. The van der Waals surface area contributed by atoms with Crippen LogP contribution >= 0.6 is 11.6 Å². The lowest BCUT2D eigenvalue weighted by Gasteiger charge is -2.12. The minimum atomic E-state index is -0.178. The molecule has 0 saturated carbocycles. The lowest BCUT2D eigenvalue weighted by molar-refractivity contribution is 0.300. The summed E-state index contributed by atoms with van der Waals surface area (Å²) in [5, 5.41) is 3.95. The molecule has 6 nitrogen and oxygen atoms in total. The van der Waals surface area contributed by atoms with Gasteiger partial charge in [-0.25, -0.2) is 0 Å². The Kier molecular flexibility index (Phi) is 7.88. The van der Waals surface area contributed by atoms with E-state index in [0.717, 1.165) is 30.1 Å². The van der Waals surface area contributed by atoms with Gasteiger partial charge in [-0.2, -0.15) is 0 Å². The molecule has 0 unspecified atom stereocenters. The summed E-state index contributed by atoms with van der Waals surface area (Å²) in [6.07, 6.45) is 4.35. The Balaban J connectivity index is 1.56. The Morgan fingerprint density at radius 3 is 2.57 bits per heavy atom. The highest BCUT2D eigenvalue weighted by Gasteiger charge is 2.04. The molecule has 0 saturated heterocycles. The van der Waals surface area contributed by atoms with Crippen molar-refractivity contribution >= 4 is 11.6 Å². The molecule has 0 aliphatic rings. The molecule has 1 atom stereocenters. The van der Waals surface area contributed by atoms with Gasteiger partial charge in [-0.15, -0.1) is 0 Å². The van der Waals surface area contributed by atoms with Crippen LogP contribution in [0.5, 0.6) is 11.5 Å². The maximum atomic E-state index is 12.5. The number of hydrogen-bond acceptors (Lipinski definition) is 5. The second-order valence-corrected chi connectivity index (χ2v) is 7.37. The molecule has 3 rings (SSSR count). The first-order valence-corrected chi connectivity index (χ1v) is 10.4. The fourth-order valence-corrected chi connectivity index (χ4v) is 2.85. The molecule has 2 aromatic heterocycles. The number of hydrogen-bond donors (Lipinski definition) is 1. The predicted octanol–water partition coefficient (Wildman–Crippen LogP) is 4.23. The van der Waals surface area contributed by atoms with Crippen molar-refractivity contribution in [3.05, 3.63) is 82.0 Å². The first-order chi connectivity index (χ1) is 14.5. The zero-order valence-corrected chi connectivity index (χ0v) is 17.9. The third kappa shape index (κ3) is 6.34. The van der Waals surface area contributed by atoms with E-state index >= 15 is 0 Å². The van der Waals surface area contributed by atoms with E-state index in [4.69, 9.17) is 21.1 Å². The Labute approximate surface area is 181 Å². The van der Waals surface area contributed by atoms with Crippen LogP contribution in [0.15, 0.2) is 65.7 Å². The van der Waals surface area contributed by atoms with Gasteiger partial charge in [0.15, 0.2) is 0 Å². The molecular formula is C23H26ClN3O3. The lowest BCUT2D eigenvalue weighted by atomic mass is 10.2. The van der Waals surface area contributed by atoms with Crippen molar-refractivity contribution in [1.82, 2.24) is 14.9 Å². The second kappa shape index (κ2) is 10.8. The molecule has 1 aromatic carbocycles. The predicted molar refractivity (Wildman–Crippen MR) is 119 cm³/mol. The summed E-state index contributed by atoms with van der Waals surface area (Å²) in [7, 11) is 0. The van der Waals surface area contributed by atoms with Gasteiger partial charge in [0.1, 0.15) is 24.7 Å². The van der Waals surface area contributed by atoms with Gasteiger partial charge in [0, 0.05) is 36.7 Å². The van der Waals surface area contributed by atoms with Crippen LogP contribution in [0, 0.1) is 0 Å². The van der Waals surface area contributed by atoms with Gasteiger partial charge < -0.3 is 14.8 Å². The highest BCUT2D eigenvalue weighted by atomic mass is 35.5. The van der Waals surface area contributed by atoms with Crippen molar-refractivity contribution in [3.8, 4) is 17.2 Å². The molecule has 0 fully saturated rings. The van der Waals surface area contributed by atoms with Crippen molar-refractivity contribution in [2.45, 2.75) is 32.9 Å². The third-order valence-electron chi connectivity index (χ3n) is 4.66. The SMILES string of the molecule is CC[C@@H](C)NCCOc1ccc(-n2ccc(OCc3ccc(Cl)cn3)cc2=O)cc1. The van der Waals surface area contributed by atoms with Gasteiger partial charge in [-0.1, -0.05) is 18.5 Å². The first-order valence-electron chi connectivity index (χ1n) is 9.97. The molecule has 158 valence electrons. The molecule has 1 N–H and O–H groups in total. The van der Waals surface area contributed by atoms with Crippen LogP contribution in [0.25, 0.3) is 5.69 Å². The molecule has 3 aromatic rings. The standard InChI is InChI=1S/C23H26ClN3O3/c1-3-17(2)25-11-13-29-21-8-6-20(7-9-21)27-12-10-22(14-23(27)28)30-16-19-5-4-18(24)15-26-19/h4-10,12,14-15,17,25H,3,11,13,16H2,1-2H3/t17-/m1/s1. The van der Waals surface area contributed by atoms with Crippen molar-refractivity contribution in [1.29, 1.82) is 0 Å². The van der Waals surface area contributed by atoms with Crippen molar-refractivity contribution in [2.75, 3.05) is 13.2 Å². The number of nitrogens with one attached hydrogen (secondary N) is 1. The number of halogens is 1. The number of nitrogens with zero attached hydrogens (tertiary/aromatic N) is 2.